The second-order valence-corrected chi connectivity index (χ2v) is 6.92. The quantitative estimate of drug-likeness (QED) is 0.437. The first-order valence-corrected chi connectivity index (χ1v) is 10.4. The van der Waals surface area contributed by atoms with Crippen LogP contribution >= 0.6 is 0 Å². The van der Waals surface area contributed by atoms with Crippen molar-refractivity contribution in [3.63, 3.8) is 0 Å². The molecule has 3 aromatic carbocycles. The summed E-state index contributed by atoms with van der Waals surface area (Å²) >= 11 is 0. The molecule has 9 heteroatoms. The second-order valence-electron chi connectivity index (χ2n) is 6.92. The Morgan fingerprint density at radius 2 is 1.44 bits per heavy atom. The number of carbonyl (C=O) groups is 3. The first-order valence-electron chi connectivity index (χ1n) is 10.4. The van der Waals surface area contributed by atoms with Gasteiger partial charge in [0.05, 0.1) is 6.61 Å². The molecule has 0 saturated heterocycles. The Hall–Kier alpha value is -4.40. The van der Waals surface area contributed by atoms with Gasteiger partial charge < -0.3 is 24.8 Å². The molecule has 8 nitrogen and oxygen atoms in total. The van der Waals surface area contributed by atoms with Crippen LogP contribution in [0.25, 0.3) is 0 Å². The van der Waals surface area contributed by atoms with E-state index in [1.165, 1.54) is 18.2 Å². The van der Waals surface area contributed by atoms with Gasteiger partial charge in [0.1, 0.15) is 5.75 Å². The largest absolute Gasteiger partial charge is 0.494 e. The molecule has 0 fully saturated rings. The van der Waals surface area contributed by atoms with Crippen LogP contribution in [0.2, 0.25) is 0 Å². The van der Waals surface area contributed by atoms with Crippen molar-refractivity contribution < 1.29 is 33.0 Å². The molecule has 0 unspecified atom stereocenters. The molecule has 0 bridgehead atoms. The summed E-state index contributed by atoms with van der Waals surface area (Å²) in [5.74, 6) is -1.69. The number of nitrogens with one attached hydrogen (secondary N) is 2. The molecule has 2 amide bonds. The van der Waals surface area contributed by atoms with Gasteiger partial charge in [-0.05, 0) is 67.6 Å². The van der Waals surface area contributed by atoms with Crippen molar-refractivity contribution in [3.05, 3.63) is 84.2 Å². The van der Waals surface area contributed by atoms with E-state index in [9.17, 15) is 18.8 Å². The molecule has 0 heterocycles. The number of amides is 2. The Bertz CT molecular complexity index is 1130. The number of para-hydroxylation sites is 1. The van der Waals surface area contributed by atoms with Gasteiger partial charge in [-0.25, -0.2) is 9.18 Å². The Kier molecular flexibility index (Phi) is 8.56. The van der Waals surface area contributed by atoms with Crippen LogP contribution in [0.5, 0.6) is 11.5 Å². The van der Waals surface area contributed by atoms with Crippen molar-refractivity contribution >= 4 is 29.2 Å². The van der Waals surface area contributed by atoms with Crippen LogP contribution in [0.15, 0.2) is 72.8 Å². The number of esters is 1. The number of hydrogen-bond donors (Lipinski definition) is 2. The summed E-state index contributed by atoms with van der Waals surface area (Å²) in [6.07, 6.45) is 0. The molecular weight excluding hydrogens is 443 g/mol. The molecule has 0 aliphatic rings. The van der Waals surface area contributed by atoms with Gasteiger partial charge in [0.15, 0.2) is 24.8 Å². The van der Waals surface area contributed by atoms with Crippen LogP contribution in [0, 0.1) is 5.82 Å². The van der Waals surface area contributed by atoms with Crippen LogP contribution in [-0.2, 0) is 14.3 Å². The lowest BCUT2D eigenvalue weighted by molar-refractivity contribution is -0.149. The van der Waals surface area contributed by atoms with E-state index in [1.54, 1.807) is 54.6 Å². The van der Waals surface area contributed by atoms with Gasteiger partial charge in [-0.2, -0.15) is 0 Å². The average molecular weight is 466 g/mol. The van der Waals surface area contributed by atoms with Crippen molar-refractivity contribution in [2.45, 2.75) is 6.92 Å². The maximum atomic E-state index is 13.5. The molecule has 0 saturated carbocycles. The molecule has 0 radical (unpaired) electrons. The van der Waals surface area contributed by atoms with Gasteiger partial charge >= 0.3 is 5.97 Å². The zero-order chi connectivity index (χ0) is 24.3. The maximum Gasteiger partial charge on any atom is 0.344 e. The average Bonchev–Trinajstić information content (AvgIpc) is 2.84. The number of halogens is 1. The zero-order valence-corrected chi connectivity index (χ0v) is 18.4. The number of anilines is 2. The van der Waals surface area contributed by atoms with Crippen molar-refractivity contribution in [2.24, 2.45) is 0 Å². The van der Waals surface area contributed by atoms with Gasteiger partial charge in [0.25, 0.3) is 11.8 Å². The fourth-order valence-electron chi connectivity index (χ4n) is 2.79. The molecule has 3 aromatic rings. The number of carbonyl (C=O) groups excluding carboxylic acids is 3. The number of ether oxygens (including phenoxy) is 3. The standard InChI is InChI=1S/C25H23FN2O6/c1-2-32-20-13-11-19(12-14-20)28-25(31)17-7-9-18(10-8-17)27-23(29)15-34-24(30)16-33-22-6-4-3-5-21(22)26/h3-14H,2,15-16H2,1H3,(H,27,29)(H,28,31). The number of rotatable bonds is 10. The van der Waals surface area contributed by atoms with E-state index in [2.05, 4.69) is 10.6 Å². The number of benzene rings is 3. The smallest absolute Gasteiger partial charge is 0.344 e. The summed E-state index contributed by atoms with van der Waals surface area (Å²) in [6, 6.07) is 18.8. The Labute approximate surface area is 195 Å². The normalized spacial score (nSPS) is 10.2. The van der Waals surface area contributed by atoms with E-state index in [1.807, 2.05) is 6.92 Å². The van der Waals surface area contributed by atoms with E-state index in [-0.39, 0.29) is 11.7 Å². The van der Waals surface area contributed by atoms with Gasteiger partial charge in [-0.3, -0.25) is 9.59 Å². The second kappa shape index (κ2) is 12.0. The lowest BCUT2D eigenvalue weighted by atomic mass is 10.2. The highest BCUT2D eigenvalue weighted by molar-refractivity contribution is 6.04. The first-order chi connectivity index (χ1) is 16.4. The SMILES string of the molecule is CCOc1ccc(NC(=O)c2ccc(NC(=O)COC(=O)COc3ccccc3F)cc2)cc1. The van der Waals surface area contributed by atoms with E-state index < -0.39 is 30.9 Å². The van der Waals surface area contributed by atoms with Crippen LogP contribution in [0.3, 0.4) is 0 Å². The van der Waals surface area contributed by atoms with Gasteiger partial charge in [-0.15, -0.1) is 0 Å². The number of hydrogen-bond acceptors (Lipinski definition) is 6. The summed E-state index contributed by atoms with van der Waals surface area (Å²) in [5.41, 5.74) is 1.43. The Morgan fingerprint density at radius 1 is 0.794 bits per heavy atom. The van der Waals surface area contributed by atoms with Gasteiger partial charge in [-0.1, -0.05) is 12.1 Å². The monoisotopic (exact) mass is 466 g/mol. The highest BCUT2D eigenvalue weighted by atomic mass is 19.1. The lowest BCUT2D eigenvalue weighted by Crippen LogP contribution is -2.23. The third-order valence-electron chi connectivity index (χ3n) is 4.40. The molecule has 2 N–H and O–H groups in total. The van der Waals surface area contributed by atoms with Crippen molar-refractivity contribution in [1.29, 1.82) is 0 Å². The minimum absolute atomic E-state index is 0.0875. The van der Waals surface area contributed by atoms with E-state index >= 15 is 0 Å². The van der Waals surface area contributed by atoms with E-state index in [0.29, 0.717) is 29.3 Å². The molecule has 34 heavy (non-hydrogen) atoms. The Balaban J connectivity index is 1.42. The lowest BCUT2D eigenvalue weighted by Gasteiger charge is -2.09. The van der Waals surface area contributed by atoms with Crippen LogP contribution < -0.4 is 20.1 Å². The summed E-state index contributed by atoms with van der Waals surface area (Å²) in [4.78, 5) is 36.1. The molecule has 0 aliphatic heterocycles. The molecule has 0 spiro atoms. The third kappa shape index (κ3) is 7.33. The highest BCUT2D eigenvalue weighted by Crippen LogP contribution is 2.17. The van der Waals surface area contributed by atoms with E-state index in [0.717, 1.165) is 0 Å². The maximum absolute atomic E-state index is 13.5. The van der Waals surface area contributed by atoms with Gasteiger partial charge in [0, 0.05) is 16.9 Å². The molecule has 3 rings (SSSR count). The fraction of sp³-hybridized carbons (Fsp3) is 0.160. The van der Waals surface area contributed by atoms with Crippen molar-refractivity contribution in [1.82, 2.24) is 0 Å². The van der Waals surface area contributed by atoms with Crippen LogP contribution in [-0.4, -0.2) is 37.6 Å². The molecule has 0 aliphatic carbocycles. The fourth-order valence-corrected chi connectivity index (χ4v) is 2.79. The van der Waals surface area contributed by atoms with Crippen LogP contribution in [0.4, 0.5) is 15.8 Å². The summed E-state index contributed by atoms with van der Waals surface area (Å²) in [6.45, 7) is 1.37. The Morgan fingerprint density at radius 3 is 2.12 bits per heavy atom. The molecule has 176 valence electrons. The predicted octanol–water partition coefficient (Wildman–Crippen LogP) is 4.04. The minimum atomic E-state index is -0.820. The summed E-state index contributed by atoms with van der Waals surface area (Å²) < 4.78 is 28.7. The van der Waals surface area contributed by atoms with Crippen molar-refractivity contribution in [3.8, 4) is 11.5 Å². The summed E-state index contributed by atoms with van der Waals surface area (Å²) in [5, 5.41) is 5.32. The topological polar surface area (TPSA) is 103 Å². The molecule has 0 atom stereocenters. The third-order valence-corrected chi connectivity index (χ3v) is 4.40. The van der Waals surface area contributed by atoms with E-state index in [4.69, 9.17) is 14.2 Å². The van der Waals surface area contributed by atoms with Crippen molar-refractivity contribution in [2.75, 3.05) is 30.5 Å². The minimum Gasteiger partial charge on any atom is -0.494 e. The van der Waals surface area contributed by atoms with Crippen LogP contribution in [0.1, 0.15) is 17.3 Å². The predicted molar refractivity (Wildman–Crippen MR) is 123 cm³/mol. The molecular formula is C25H23FN2O6. The molecule has 0 aromatic heterocycles. The first kappa shape index (κ1) is 24.2. The summed E-state index contributed by atoms with van der Waals surface area (Å²) in [7, 11) is 0. The highest BCUT2D eigenvalue weighted by Gasteiger charge is 2.11. The zero-order valence-electron chi connectivity index (χ0n) is 18.4. The van der Waals surface area contributed by atoms with Gasteiger partial charge in [0.2, 0.25) is 0 Å².